The fourth-order valence-corrected chi connectivity index (χ4v) is 2.11. The first kappa shape index (κ1) is 16.2. The standard InChI is InChI=1S/C17H18ClNO3/c1-21-14-6-8-15(9-7-14)22-11-10-19-17(20)12-13-4-2-3-5-16(13)18/h2-9H,10-12H2,1H3,(H,19,20). The minimum atomic E-state index is -0.0774. The van der Waals surface area contributed by atoms with Crippen LogP contribution < -0.4 is 14.8 Å². The quantitative estimate of drug-likeness (QED) is 0.798. The Kier molecular flexibility index (Phi) is 6.10. The highest BCUT2D eigenvalue weighted by atomic mass is 35.5. The third kappa shape index (κ3) is 4.97. The molecule has 116 valence electrons. The van der Waals surface area contributed by atoms with Crippen LogP contribution in [0.15, 0.2) is 48.5 Å². The molecule has 0 unspecified atom stereocenters. The molecule has 0 saturated carbocycles. The Balaban J connectivity index is 1.69. The van der Waals surface area contributed by atoms with Gasteiger partial charge in [0.25, 0.3) is 0 Å². The lowest BCUT2D eigenvalue weighted by atomic mass is 10.1. The normalized spacial score (nSPS) is 10.1. The number of carbonyl (C=O) groups excluding carboxylic acids is 1. The number of benzene rings is 2. The van der Waals surface area contributed by atoms with Crippen molar-refractivity contribution in [1.29, 1.82) is 0 Å². The molecule has 1 N–H and O–H groups in total. The first-order chi connectivity index (χ1) is 10.7. The minimum absolute atomic E-state index is 0.0774. The number of rotatable bonds is 7. The van der Waals surface area contributed by atoms with E-state index in [1.54, 1.807) is 13.2 Å². The molecule has 4 nitrogen and oxygen atoms in total. The van der Waals surface area contributed by atoms with Gasteiger partial charge in [-0.2, -0.15) is 0 Å². The predicted octanol–water partition coefficient (Wildman–Crippen LogP) is 3.09. The summed E-state index contributed by atoms with van der Waals surface area (Å²) in [6, 6.07) is 14.6. The van der Waals surface area contributed by atoms with E-state index in [2.05, 4.69) is 5.32 Å². The van der Waals surface area contributed by atoms with Gasteiger partial charge >= 0.3 is 0 Å². The molecule has 2 aromatic carbocycles. The smallest absolute Gasteiger partial charge is 0.224 e. The monoisotopic (exact) mass is 319 g/mol. The summed E-state index contributed by atoms with van der Waals surface area (Å²) in [5.41, 5.74) is 0.817. The zero-order chi connectivity index (χ0) is 15.8. The molecule has 0 fully saturated rings. The van der Waals surface area contributed by atoms with Crippen molar-refractivity contribution in [2.45, 2.75) is 6.42 Å². The number of hydrogen-bond donors (Lipinski definition) is 1. The van der Waals surface area contributed by atoms with Crippen LogP contribution in [0.25, 0.3) is 0 Å². The van der Waals surface area contributed by atoms with Crippen LogP contribution in [0, 0.1) is 0 Å². The van der Waals surface area contributed by atoms with E-state index in [4.69, 9.17) is 21.1 Å². The molecule has 0 radical (unpaired) electrons. The van der Waals surface area contributed by atoms with Crippen LogP contribution in [0.4, 0.5) is 0 Å². The molecule has 0 saturated heterocycles. The molecule has 0 aliphatic carbocycles. The highest BCUT2D eigenvalue weighted by Crippen LogP contribution is 2.17. The van der Waals surface area contributed by atoms with Crippen LogP contribution in [-0.4, -0.2) is 26.2 Å². The number of methoxy groups -OCH3 is 1. The van der Waals surface area contributed by atoms with Gasteiger partial charge in [0.05, 0.1) is 20.1 Å². The van der Waals surface area contributed by atoms with E-state index >= 15 is 0 Å². The summed E-state index contributed by atoms with van der Waals surface area (Å²) < 4.78 is 10.6. The van der Waals surface area contributed by atoms with E-state index in [-0.39, 0.29) is 12.3 Å². The number of amides is 1. The lowest BCUT2D eigenvalue weighted by Crippen LogP contribution is -2.29. The third-order valence-electron chi connectivity index (χ3n) is 3.06. The maximum Gasteiger partial charge on any atom is 0.224 e. The molecule has 0 bridgehead atoms. The lowest BCUT2D eigenvalue weighted by molar-refractivity contribution is -0.120. The van der Waals surface area contributed by atoms with E-state index in [1.807, 2.05) is 42.5 Å². The van der Waals surface area contributed by atoms with Crippen molar-refractivity contribution in [2.75, 3.05) is 20.3 Å². The largest absolute Gasteiger partial charge is 0.497 e. The Morgan fingerprint density at radius 2 is 1.77 bits per heavy atom. The highest BCUT2D eigenvalue weighted by molar-refractivity contribution is 6.31. The van der Waals surface area contributed by atoms with Gasteiger partial charge in [-0.3, -0.25) is 4.79 Å². The van der Waals surface area contributed by atoms with Gasteiger partial charge < -0.3 is 14.8 Å². The Hall–Kier alpha value is -2.20. The van der Waals surface area contributed by atoms with Crippen molar-refractivity contribution in [3.8, 4) is 11.5 Å². The molecule has 2 aromatic rings. The first-order valence-electron chi connectivity index (χ1n) is 6.96. The second-order valence-electron chi connectivity index (χ2n) is 4.64. The van der Waals surface area contributed by atoms with Gasteiger partial charge in [0, 0.05) is 5.02 Å². The van der Waals surface area contributed by atoms with Crippen LogP contribution in [0.5, 0.6) is 11.5 Å². The molecular weight excluding hydrogens is 302 g/mol. The number of halogens is 1. The van der Waals surface area contributed by atoms with Crippen molar-refractivity contribution in [3.63, 3.8) is 0 Å². The summed E-state index contributed by atoms with van der Waals surface area (Å²) in [5, 5.41) is 3.41. The van der Waals surface area contributed by atoms with E-state index in [0.29, 0.717) is 18.2 Å². The zero-order valence-electron chi connectivity index (χ0n) is 12.3. The van der Waals surface area contributed by atoms with Crippen LogP contribution >= 0.6 is 11.6 Å². The number of nitrogens with one attached hydrogen (secondary N) is 1. The summed E-state index contributed by atoms with van der Waals surface area (Å²) in [6.45, 7) is 0.843. The van der Waals surface area contributed by atoms with Crippen molar-refractivity contribution < 1.29 is 14.3 Å². The summed E-state index contributed by atoms with van der Waals surface area (Å²) in [7, 11) is 1.62. The predicted molar refractivity (Wildman–Crippen MR) is 86.7 cm³/mol. The maximum atomic E-state index is 11.8. The molecule has 0 aliphatic heterocycles. The molecule has 0 aliphatic rings. The van der Waals surface area contributed by atoms with Gasteiger partial charge in [-0.25, -0.2) is 0 Å². The second-order valence-corrected chi connectivity index (χ2v) is 5.05. The maximum absolute atomic E-state index is 11.8. The molecule has 1 amide bonds. The fourth-order valence-electron chi connectivity index (χ4n) is 1.91. The van der Waals surface area contributed by atoms with Crippen LogP contribution in [0.1, 0.15) is 5.56 Å². The van der Waals surface area contributed by atoms with E-state index < -0.39 is 0 Å². The van der Waals surface area contributed by atoms with E-state index in [0.717, 1.165) is 17.1 Å². The average molecular weight is 320 g/mol. The third-order valence-corrected chi connectivity index (χ3v) is 3.43. The van der Waals surface area contributed by atoms with Gasteiger partial charge in [-0.15, -0.1) is 0 Å². The number of hydrogen-bond acceptors (Lipinski definition) is 3. The van der Waals surface area contributed by atoms with Gasteiger partial charge in [0.1, 0.15) is 18.1 Å². The molecule has 5 heteroatoms. The molecule has 0 atom stereocenters. The van der Waals surface area contributed by atoms with Crippen molar-refractivity contribution in [1.82, 2.24) is 5.32 Å². The van der Waals surface area contributed by atoms with E-state index in [9.17, 15) is 4.79 Å². The number of carbonyl (C=O) groups is 1. The van der Waals surface area contributed by atoms with Crippen LogP contribution in [0.2, 0.25) is 5.02 Å². The molecular formula is C17H18ClNO3. The van der Waals surface area contributed by atoms with Crippen LogP contribution in [-0.2, 0) is 11.2 Å². The zero-order valence-corrected chi connectivity index (χ0v) is 13.1. The fraction of sp³-hybridized carbons (Fsp3) is 0.235. The summed E-state index contributed by atoms with van der Waals surface area (Å²) in [6.07, 6.45) is 0.266. The molecule has 0 aromatic heterocycles. The summed E-state index contributed by atoms with van der Waals surface area (Å²) >= 11 is 6.02. The molecule has 22 heavy (non-hydrogen) atoms. The molecule has 0 heterocycles. The Labute approximate surface area is 135 Å². The summed E-state index contributed by atoms with van der Waals surface area (Å²) in [5.74, 6) is 1.44. The number of ether oxygens (including phenoxy) is 2. The molecule has 2 rings (SSSR count). The van der Waals surface area contributed by atoms with Gasteiger partial charge in [-0.05, 0) is 35.9 Å². The Morgan fingerprint density at radius 3 is 2.45 bits per heavy atom. The van der Waals surface area contributed by atoms with Crippen molar-refractivity contribution >= 4 is 17.5 Å². The lowest BCUT2D eigenvalue weighted by Gasteiger charge is -2.09. The average Bonchev–Trinajstić information content (AvgIpc) is 2.54. The van der Waals surface area contributed by atoms with Crippen molar-refractivity contribution in [2.24, 2.45) is 0 Å². The van der Waals surface area contributed by atoms with Gasteiger partial charge in [0.15, 0.2) is 0 Å². The minimum Gasteiger partial charge on any atom is -0.497 e. The second kappa shape index (κ2) is 8.29. The van der Waals surface area contributed by atoms with Crippen LogP contribution in [0.3, 0.4) is 0 Å². The molecule has 0 spiro atoms. The van der Waals surface area contributed by atoms with E-state index in [1.165, 1.54) is 0 Å². The summed E-state index contributed by atoms with van der Waals surface area (Å²) in [4.78, 5) is 11.8. The Bertz CT molecular complexity index is 614. The first-order valence-corrected chi connectivity index (χ1v) is 7.34. The Morgan fingerprint density at radius 1 is 1.09 bits per heavy atom. The SMILES string of the molecule is COc1ccc(OCCNC(=O)Cc2ccccc2Cl)cc1. The van der Waals surface area contributed by atoms with Gasteiger partial charge in [-0.1, -0.05) is 29.8 Å². The highest BCUT2D eigenvalue weighted by Gasteiger charge is 2.06. The van der Waals surface area contributed by atoms with Crippen molar-refractivity contribution in [3.05, 3.63) is 59.1 Å². The topological polar surface area (TPSA) is 47.6 Å². The van der Waals surface area contributed by atoms with Gasteiger partial charge in [0.2, 0.25) is 5.91 Å².